The predicted octanol–water partition coefficient (Wildman–Crippen LogP) is 1.79. The average Bonchev–Trinajstić information content (AvgIpc) is 3.09. The first-order chi connectivity index (χ1) is 11.7. The molecule has 24 heavy (non-hydrogen) atoms. The second-order valence-corrected chi connectivity index (χ2v) is 5.34. The van der Waals surface area contributed by atoms with Crippen molar-refractivity contribution >= 4 is 28.0 Å². The molecule has 0 radical (unpaired) electrons. The molecule has 0 saturated carbocycles. The van der Waals surface area contributed by atoms with Crippen molar-refractivity contribution in [2.75, 3.05) is 45.4 Å². The second-order valence-electron chi connectivity index (χ2n) is 5.34. The highest BCUT2D eigenvalue weighted by Crippen LogP contribution is 2.42. The van der Waals surface area contributed by atoms with Crippen molar-refractivity contribution in [3.63, 3.8) is 0 Å². The number of anilines is 1. The van der Waals surface area contributed by atoms with E-state index in [4.69, 9.17) is 23.0 Å². The topological polar surface area (TPSA) is 87.2 Å². The maximum absolute atomic E-state index is 12.7. The van der Waals surface area contributed by atoms with Crippen molar-refractivity contribution in [3.8, 4) is 11.5 Å². The molecule has 126 valence electrons. The van der Waals surface area contributed by atoms with Gasteiger partial charge < -0.3 is 27.9 Å². The molecule has 0 aliphatic carbocycles. The van der Waals surface area contributed by atoms with Gasteiger partial charge in [-0.2, -0.15) is 4.98 Å². The highest BCUT2D eigenvalue weighted by atomic mass is 16.5. The molecule has 4 rings (SSSR count). The number of furan rings is 1. The van der Waals surface area contributed by atoms with Gasteiger partial charge in [-0.1, -0.05) is 0 Å². The Kier molecular flexibility index (Phi) is 3.53. The zero-order valence-electron chi connectivity index (χ0n) is 13.3. The van der Waals surface area contributed by atoms with E-state index < -0.39 is 5.56 Å². The van der Waals surface area contributed by atoms with E-state index in [0.717, 1.165) is 0 Å². The van der Waals surface area contributed by atoms with Crippen molar-refractivity contribution in [1.82, 2.24) is 4.98 Å². The number of hydrogen-bond donors (Lipinski definition) is 0. The lowest BCUT2D eigenvalue weighted by Crippen LogP contribution is -2.37. The van der Waals surface area contributed by atoms with Gasteiger partial charge in [0.05, 0.1) is 39.1 Å². The molecular weight excluding hydrogens is 316 g/mol. The van der Waals surface area contributed by atoms with Crippen LogP contribution < -0.4 is 19.9 Å². The van der Waals surface area contributed by atoms with Crippen LogP contribution in [0.4, 0.5) is 6.01 Å². The summed E-state index contributed by atoms with van der Waals surface area (Å²) in [6.07, 6.45) is 1.51. The Bertz CT molecular complexity index is 954. The number of fused-ring (bicyclic) bond motifs is 2. The van der Waals surface area contributed by atoms with Gasteiger partial charge in [0.1, 0.15) is 11.1 Å². The molecule has 2 aromatic heterocycles. The van der Waals surface area contributed by atoms with Crippen LogP contribution in [-0.2, 0) is 4.74 Å². The highest BCUT2D eigenvalue weighted by Gasteiger charge is 2.25. The summed E-state index contributed by atoms with van der Waals surface area (Å²) in [6, 6.07) is 1.95. The summed E-state index contributed by atoms with van der Waals surface area (Å²) < 4.78 is 27.6. The SMILES string of the molecule is COc1c2occc2c(OC)c2c(=O)nc(N3CCOCC3)oc12. The summed E-state index contributed by atoms with van der Waals surface area (Å²) in [5.74, 6) is 0.712. The molecule has 1 saturated heterocycles. The molecule has 1 aliphatic rings. The summed E-state index contributed by atoms with van der Waals surface area (Å²) >= 11 is 0. The Morgan fingerprint density at radius 3 is 2.58 bits per heavy atom. The molecule has 1 aromatic carbocycles. The van der Waals surface area contributed by atoms with Gasteiger partial charge in [0, 0.05) is 13.1 Å². The van der Waals surface area contributed by atoms with Crippen molar-refractivity contribution in [2.24, 2.45) is 0 Å². The van der Waals surface area contributed by atoms with E-state index in [1.54, 1.807) is 6.07 Å². The zero-order valence-corrected chi connectivity index (χ0v) is 13.3. The summed E-state index contributed by atoms with van der Waals surface area (Å²) in [7, 11) is 2.99. The number of methoxy groups -OCH3 is 2. The maximum atomic E-state index is 12.7. The minimum Gasteiger partial charge on any atom is -0.495 e. The Labute approximate surface area is 136 Å². The second kappa shape index (κ2) is 5.72. The smallest absolute Gasteiger partial charge is 0.301 e. The number of hydrogen-bond acceptors (Lipinski definition) is 8. The third-order valence-corrected chi connectivity index (χ3v) is 4.07. The molecule has 3 aromatic rings. The Hall–Kier alpha value is -2.74. The lowest BCUT2D eigenvalue weighted by Gasteiger charge is -2.26. The normalized spacial score (nSPS) is 15.2. The molecule has 0 unspecified atom stereocenters. The molecule has 3 heterocycles. The summed E-state index contributed by atoms with van der Waals surface area (Å²) in [5, 5.41) is 0.871. The quantitative estimate of drug-likeness (QED) is 0.717. The number of ether oxygens (including phenoxy) is 3. The van der Waals surface area contributed by atoms with Gasteiger partial charge >= 0.3 is 6.01 Å². The fourth-order valence-corrected chi connectivity index (χ4v) is 2.95. The van der Waals surface area contributed by atoms with Gasteiger partial charge in [0.15, 0.2) is 11.2 Å². The Morgan fingerprint density at radius 1 is 1.12 bits per heavy atom. The Morgan fingerprint density at radius 2 is 1.88 bits per heavy atom. The number of aromatic nitrogens is 1. The minimum atomic E-state index is -0.434. The molecular formula is C16H16N2O6. The summed E-state index contributed by atoms with van der Waals surface area (Å²) in [5.41, 5.74) is 0.290. The summed E-state index contributed by atoms with van der Waals surface area (Å²) in [6.45, 7) is 2.32. The summed E-state index contributed by atoms with van der Waals surface area (Å²) in [4.78, 5) is 18.6. The molecule has 0 spiro atoms. The lowest BCUT2D eigenvalue weighted by molar-refractivity contribution is 0.120. The number of morpholine rings is 1. The maximum Gasteiger partial charge on any atom is 0.301 e. The monoisotopic (exact) mass is 332 g/mol. The van der Waals surface area contributed by atoms with Crippen LogP contribution in [0.3, 0.4) is 0 Å². The van der Waals surface area contributed by atoms with E-state index in [2.05, 4.69) is 4.98 Å². The minimum absolute atomic E-state index is 0.236. The lowest BCUT2D eigenvalue weighted by atomic mass is 10.1. The molecule has 0 atom stereocenters. The van der Waals surface area contributed by atoms with Crippen molar-refractivity contribution in [1.29, 1.82) is 0 Å². The van der Waals surface area contributed by atoms with Crippen LogP contribution >= 0.6 is 0 Å². The third kappa shape index (κ3) is 2.10. The van der Waals surface area contributed by atoms with E-state index in [0.29, 0.717) is 48.8 Å². The van der Waals surface area contributed by atoms with Crippen molar-refractivity contribution < 1.29 is 23.0 Å². The fourth-order valence-electron chi connectivity index (χ4n) is 2.95. The van der Waals surface area contributed by atoms with Crippen LogP contribution in [0.25, 0.3) is 21.9 Å². The molecule has 1 aliphatic heterocycles. The van der Waals surface area contributed by atoms with Crippen LogP contribution in [0.2, 0.25) is 0 Å². The molecule has 0 bridgehead atoms. The standard InChI is InChI=1S/C16H16N2O6/c1-20-11-9-3-6-23-12(9)14(21-2)13-10(11)15(19)17-16(24-13)18-4-7-22-8-5-18/h3,6H,4-5,7-8H2,1-2H3. The van der Waals surface area contributed by atoms with Gasteiger partial charge in [-0.3, -0.25) is 4.79 Å². The van der Waals surface area contributed by atoms with Crippen LogP contribution in [0.5, 0.6) is 11.5 Å². The van der Waals surface area contributed by atoms with Crippen LogP contribution in [-0.4, -0.2) is 45.5 Å². The molecule has 1 fully saturated rings. The Balaban J connectivity index is 2.05. The van der Waals surface area contributed by atoms with E-state index in [1.807, 2.05) is 4.90 Å². The number of nitrogens with zero attached hydrogens (tertiary/aromatic N) is 2. The van der Waals surface area contributed by atoms with Gasteiger partial charge in [-0.15, -0.1) is 0 Å². The fraction of sp³-hybridized carbons (Fsp3) is 0.375. The third-order valence-electron chi connectivity index (χ3n) is 4.07. The zero-order chi connectivity index (χ0) is 16.7. The average molecular weight is 332 g/mol. The van der Waals surface area contributed by atoms with Crippen LogP contribution in [0.15, 0.2) is 26.0 Å². The van der Waals surface area contributed by atoms with Gasteiger partial charge in [0.2, 0.25) is 5.75 Å². The van der Waals surface area contributed by atoms with Crippen molar-refractivity contribution in [2.45, 2.75) is 0 Å². The van der Waals surface area contributed by atoms with Crippen LogP contribution in [0, 0.1) is 0 Å². The molecule has 8 nitrogen and oxygen atoms in total. The molecule has 0 N–H and O–H groups in total. The number of rotatable bonds is 3. The first kappa shape index (κ1) is 14.8. The first-order valence-electron chi connectivity index (χ1n) is 7.53. The van der Waals surface area contributed by atoms with E-state index >= 15 is 0 Å². The number of benzene rings is 1. The van der Waals surface area contributed by atoms with Crippen molar-refractivity contribution in [3.05, 3.63) is 22.7 Å². The predicted molar refractivity (Wildman–Crippen MR) is 86.2 cm³/mol. The van der Waals surface area contributed by atoms with E-state index in [1.165, 1.54) is 20.5 Å². The molecule has 8 heteroatoms. The largest absolute Gasteiger partial charge is 0.495 e. The van der Waals surface area contributed by atoms with E-state index in [-0.39, 0.29) is 17.0 Å². The van der Waals surface area contributed by atoms with Gasteiger partial charge in [-0.05, 0) is 6.07 Å². The molecule has 0 amide bonds. The van der Waals surface area contributed by atoms with Gasteiger partial charge in [-0.25, -0.2) is 0 Å². The van der Waals surface area contributed by atoms with Crippen LogP contribution in [0.1, 0.15) is 0 Å². The van der Waals surface area contributed by atoms with Gasteiger partial charge in [0.25, 0.3) is 5.56 Å². The highest BCUT2D eigenvalue weighted by molar-refractivity contribution is 6.06. The first-order valence-corrected chi connectivity index (χ1v) is 7.53. The van der Waals surface area contributed by atoms with E-state index in [9.17, 15) is 4.79 Å².